The Morgan fingerprint density at radius 1 is 0.645 bits per heavy atom. The standard InChI is InChI=1S/C27H51O3P/c1-25(2)18-12-7-5-9-16-22-29-31(28,24-27-20-14-11-15-21-27)30-23-17-10-6-8-13-19-26(3)4/h11,14-15,20-21,25-26,28,31H,5-10,12-13,16-19,22-24H2,1-4H3. The molecule has 0 unspecified atom stereocenters. The van der Waals surface area contributed by atoms with E-state index in [2.05, 4.69) is 27.7 Å². The second kappa shape index (κ2) is 18.0. The van der Waals surface area contributed by atoms with Gasteiger partial charge >= 0.3 is 194 Å². The molecule has 4 heteroatoms. The Morgan fingerprint density at radius 2 is 1.06 bits per heavy atom. The molecule has 0 spiro atoms. The van der Waals surface area contributed by atoms with E-state index in [1.807, 2.05) is 30.3 Å². The van der Waals surface area contributed by atoms with Gasteiger partial charge in [0.15, 0.2) is 0 Å². The van der Waals surface area contributed by atoms with Crippen LogP contribution in [0.3, 0.4) is 0 Å². The molecule has 0 heterocycles. The third-order valence-electron chi connectivity index (χ3n) is 5.78. The molecule has 1 aromatic rings. The van der Waals surface area contributed by atoms with Crippen LogP contribution in [-0.2, 0) is 15.2 Å². The number of benzene rings is 1. The summed E-state index contributed by atoms with van der Waals surface area (Å²) >= 11 is 0. The summed E-state index contributed by atoms with van der Waals surface area (Å²) in [5, 5.41) is 0. The third kappa shape index (κ3) is 16.8. The second-order valence-corrected chi connectivity index (χ2v) is 12.3. The van der Waals surface area contributed by atoms with Crippen molar-refractivity contribution in [2.75, 3.05) is 13.2 Å². The van der Waals surface area contributed by atoms with E-state index in [4.69, 9.17) is 9.05 Å². The Kier molecular flexibility index (Phi) is 16.6. The van der Waals surface area contributed by atoms with Crippen LogP contribution in [0.25, 0.3) is 0 Å². The maximum atomic E-state index is 11.2. The van der Waals surface area contributed by atoms with E-state index in [-0.39, 0.29) is 0 Å². The van der Waals surface area contributed by atoms with Crippen molar-refractivity contribution in [3.63, 3.8) is 0 Å². The van der Waals surface area contributed by atoms with Gasteiger partial charge in [0.05, 0.1) is 0 Å². The first-order valence-electron chi connectivity index (χ1n) is 13.0. The molecule has 0 atom stereocenters. The van der Waals surface area contributed by atoms with Crippen LogP contribution in [0.5, 0.6) is 0 Å². The van der Waals surface area contributed by atoms with Crippen LogP contribution >= 0.6 is 7.94 Å². The maximum absolute atomic E-state index is 11.2. The molecular formula is C27H51O3P. The molecule has 1 N–H and O–H groups in total. The molecule has 0 fully saturated rings. The van der Waals surface area contributed by atoms with Crippen molar-refractivity contribution in [1.82, 2.24) is 0 Å². The van der Waals surface area contributed by atoms with Crippen LogP contribution in [0.2, 0.25) is 0 Å². The average Bonchev–Trinajstić information content (AvgIpc) is 2.72. The SMILES string of the molecule is CC(C)CCCCCCCO[PH](O)(Cc1ccccc1)OCCCCCCCC(C)C. The zero-order chi connectivity index (χ0) is 22.8. The first kappa shape index (κ1) is 28.6. The Bertz CT molecular complexity index is 494. The van der Waals surface area contributed by atoms with Gasteiger partial charge in [-0.3, -0.25) is 0 Å². The predicted octanol–water partition coefficient (Wildman–Crippen LogP) is 8.70. The molecule has 0 amide bonds. The van der Waals surface area contributed by atoms with Gasteiger partial charge < -0.3 is 0 Å². The summed E-state index contributed by atoms with van der Waals surface area (Å²) in [4.78, 5) is 11.2. The van der Waals surface area contributed by atoms with Gasteiger partial charge in [-0.25, -0.2) is 0 Å². The van der Waals surface area contributed by atoms with E-state index in [0.717, 1.165) is 30.2 Å². The van der Waals surface area contributed by atoms with E-state index >= 15 is 0 Å². The zero-order valence-electron chi connectivity index (χ0n) is 20.9. The van der Waals surface area contributed by atoms with Crippen molar-refractivity contribution >= 4 is 7.94 Å². The van der Waals surface area contributed by atoms with Gasteiger partial charge in [-0.15, -0.1) is 0 Å². The molecule has 3 nitrogen and oxygen atoms in total. The molecule has 1 rings (SSSR count). The summed E-state index contributed by atoms with van der Waals surface area (Å²) in [6.45, 7) is 10.4. The Balaban J connectivity index is 2.29. The van der Waals surface area contributed by atoms with Crippen LogP contribution in [-0.4, -0.2) is 18.1 Å². The van der Waals surface area contributed by atoms with Crippen molar-refractivity contribution in [2.45, 2.75) is 111 Å². The van der Waals surface area contributed by atoms with Gasteiger partial charge in [-0.05, 0) is 0 Å². The van der Waals surface area contributed by atoms with Crippen molar-refractivity contribution in [1.29, 1.82) is 0 Å². The van der Waals surface area contributed by atoms with E-state index < -0.39 is 7.94 Å². The van der Waals surface area contributed by atoms with Crippen LogP contribution in [0.4, 0.5) is 0 Å². The molecule has 0 aliphatic carbocycles. The fourth-order valence-electron chi connectivity index (χ4n) is 3.83. The van der Waals surface area contributed by atoms with E-state index in [1.165, 1.54) is 64.2 Å². The van der Waals surface area contributed by atoms with E-state index in [1.54, 1.807) is 0 Å². The number of hydrogen-bond donors (Lipinski definition) is 1. The Labute approximate surface area is 193 Å². The summed E-state index contributed by atoms with van der Waals surface area (Å²) in [7, 11) is -3.17. The molecule has 1 aromatic carbocycles. The number of hydrogen-bond acceptors (Lipinski definition) is 3. The second-order valence-electron chi connectivity index (χ2n) is 9.97. The molecular weight excluding hydrogens is 403 g/mol. The first-order chi connectivity index (χ1) is 14.9. The molecule has 0 saturated carbocycles. The van der Waals surface area contributed by atoms with E-state index in [9.17, 15) is 4.89 Å². The van der Waals surface area contributed by atoms with Gasteiger partial charge in [-0.2, -0.15) is 0 Å². The van der Waals surface area contributed by atoms with Crippen molar-refractivity contribution in [2.24, 2.45) is 11.8 Å². The van der Waals surface area contributed by atoms with Crippen molar-refractivity contribution in [3.05, 3.63) is 35.9 Å². The Morgan fingerprint density at radius 3 is 1.52 bits per heavy atom. The summed E-state index contributed by atoms with van der Waals surface area (Å²) in [5.41, 5.74) is 1.10. The average molecular weight is 455 g/mol. The summed E-state index contributed by atoms with van der Waals surface area (Å²) in [6.07, 6.45) is 15.3. The third-order valence-corrected chi connectivity index (χ3v) is 7.94. The van der Waals surface area contributed by atoms with Gasteiger partial charge in [-0.1, -0.05) is 0 Å². The monoisotopic (exact) mass is 454 g/mol. The molecule has 0 radical (unpaired) electrons. The minimum atomic E-state index is -3.17. The minimum absolute atomic E-state index is 0.511. The fraction of sp³-hybridized carbons (Fsp3) is 0.778. The van der Waals surface area contributed by atoms with Crippen molar-refractivity contribution < 1.29 is 13.9 Å². The molecule has 0 saturated heterocycles. The summed E-state index contributed by atoms with van der Waals surface area (Å²) < 4.78 is 12.0. The quantitative estimate of drug-likeness (QED) is 0.158. The van der Waals surface area contributed by atoms with Gasteiger partial charge in [0.2, 0.25) is 0 Å². The van der Waals surface area contributed by atoms with Gasteiger partial charge in [0.1, 0.15) is 0 Å². The van der Waals surface area contributed by atoms with E-state index in [0.29, 0.717) is 19.4 Å². The number of unbranched alkanes of at least 4 members (excludes halogenated alkanes) is 8. The molecule has 0 aromatic heterocycles. The summed E-state index contributed by atoms with van der Waals surface area (Å²) in [6, 6.07) is 10.1. The van der Waals surface area contributed by atoms with Crippen molar-refractivity contribution in [3.8, 4) is 0 Å². The van der Waals surface area contributed by atoms with Gasteiger partial charge in [0, 0.05) is 0 Å². The molecule has 0 aliphatic heterocycles. The predicted molar refractivity (Wildman–Crippen MR) is 138 cm³/mol. The van der Waals surface area contributed by atoms with Gasteiger partial charge in [0.25, 0.3) is 0 Å². The molecule has 0 bridgehead atoms. The zero-order valence-corrected chi connectivity index (χ0v) is 21.9. The van der Waals surface area contributed by atoms with Crippen LogP contribution in [0.1, 0.15) is 110 Å². The number of rotatable bonds is 20. The first-order valence-corrected chi connectivity index (χ1v) is 14.9. The topological polar surface area (TPSA) is 38.7 Å². The molecule has 0 aliphatic rings. The molecule has 31 heavy (non-hydrogen) atoms. The Hall–Kier alpha value is -0.470. The van der Waals surface area contributed by atoms with Crippen LogP contribution in [0.15, 0.2) is 30.3 Å². The normalized spacial score (nSPS) is 12.7. The summed E-state index contributed by atoms with van der Waals surface area (Å²) in [5.74, 6) is 1.61. The van der Waals surface area contributed by atoms with Crippen LogP contribution < -0.4 is 0 Å². The molecule has 182 valence electrons. The van der Waals surface area contributed by atoms with Crippen LogP contribution in [0, 0.1) is 11.8 Å². The fourth-order valence-corrected chi connectivity index (χ4v) is 5.80.